The summed E-state index contributed by atoms with van der Waals surface area (Å²) >= 11 is 12.0. The minimum absolute atomic E-state index is 0.0180. The number of rotatable bonds is 3. The lowest BCUT2D eigenvalue weighted by Crippen LogP contribution is -2.40. The van der Waals surface area contributed by atoms with Gasteiger partial charge in [-0.3, -0.25) is 4.79 Å². The monoisotopic (exact) mass is 330 g/mol. The molecule has 1 aromatic rings. The normalized spacial score (nSPS) is 18.9. The third-order valence-electron chi connectivity index (χ3n) is 3.41. The Kier molecular flexibility index (Phi) is 5.45. The van der Waals surface area contributed by atoms with Crippen LogP contribution in [0.25, 0.3) is 0 Å². The number of carboxylic acid groups (broad SMARTS) is 1. The number of hydrogen-bond donors (Lipinski definition) is 3. The largest absolute Gasteiger partial charge is 0.478 e. The van der Waals surface area contributed by atoms with Gasteiger partial charge in [-0.25, -0.2) is 4.79 Å². The van der Waals surface area contributed by atoms with Crippen molar-refractivity contribution in [2.75, 3.05) is 11.9 Å². The maximum absolute atomic E-state index is 12.2. The van der Waals surface area contributed by atoms with Crippen LogP contribution in [0, 0.1) is 0 Å². The highest BCUT2D eigenvalue weighted by molar-refractivity contribution is 6.40. The van der Waals surface area contributed by atoms with Crippen LogP contribution in [-0.2, 0) is 4.79 Å². The number of halogens is 2. The summed E-state index contributed by atoms with van der Waals surface area (Å²) in [5.41, 5.74) is 0.231. The predicted octanol–water partition coefficient (Wildman–Crippen LogP) is 3.16. The number of nitrogens with one attached hydrogen (secondary N) is 2. The Morgan fingerprint density at radius 1 is 1.19 bits per heavy atom. The van der Waals surface area contributed by atoms with Crippen molar-refractivity contribution in [3.8, 4) is 0 Å². The zero-order valence-electron chi connectivity index (χ0n) is 11.3. The summed E-state index contributed by atoms with van der Waals surface area (Å²) < 4.78 is 0. The van der Waals surface area contributed by atoms with E-state index in [4.69, 9.17) is 28.3 Å². The van der Waals surface area contributed by atoms with Crippen LogP contribution >= 0.6 is 23.2 Å². The minimum Gasteiger partial charge on any atom is -0.478 e. The van der Waals surface area contributed by atoms with E-state index in [1.807, 2.05) is 0 Å². The Morgan fingerprint density at radius 3 is 2.48 bits per heavy atom. The molecule has 1 saturated heterocycles. The van der Waals surface area contributed by atoms with E-state index in [0.29, 0.717) is 0 Å². The molecule has 7 heteroatoms. The SMILES string of the molecule is O=C(O)c1cc(Cl)c(NC(=O)C2CCCCCN2)c(Cl)c1. The van der Waals surface area contributed by atoms with Crippen LogP contribution in [0.4, 0.5) is 5.69 Å². The molecule has 0 saturated carbocycles. The van der Waals surface area contributed by atoms with Crippen LogP contribution in [0.3, 0.4) is 0 Å². The smallest absolute Gasteiger partial charge is 0.335 e. The van der Waals surface area contributed by atoms with E-state index in [1.165, 1.54) is 12.1 Å². The number of carbonyl (C=O) groups is 2. The van der Waals surface area contributed by atoms with Crippen LogP contribution < -0.4 is 10.6 Å². The van der Waals surface area contributed by atoms with Gasteiger partial charge in [0, 0.05) is 0 Å². The average molecular weight is 331 g/mol. The van der Waals surface area contributed by atoms with Crippen LogP contribution in [0.15, 0.2) is 12.1 Å². The van der Waals surface area contributed by atoms with Gasteiger partial charge in [0.05, 0.1) is 27.3 Å². The summed E-state index contributed by atoms with van der Waals surface area (Å²) in [7, 11) is 0. The molecule has 1 aliphatic heterocycles. The molecule has 2 rings (SSSR count). The molecule has 0 radical (unpaired) electrons. The second-order valence-electron chi connectivity index (χ2n) is 4.97. The van der Waals surface area contributed by atoms with Crippen molar-refractivity contribution >= 4 is 40.8 Å². The predicted molar refractivity (Wildman–Crippen MR) is 82.3 cm³/mol. The molecule has 0 aromatic heterocycles. The molecule has 1 fully saturated rings. The Hall–Kier alpha value is -1.30. The van der Waals surface area contributed by atoms with E-state index in [9.17, 15) is 9.59 Å². The highest BCUT2D eigenvalue weighted by atomic mass is 35.5. The lowest BCUT2D eigenvalue weighted by atomic mass is 10.1. The first kappa shape index (κ1) is 16.1. The van der Waals surface area contributed by atoms with Gasteiger partial charge in [-0.15, -0.1) is 0 Å². The van der Waals surface area contributed by atoms with Gasteiger partial charge < -0.3 is 15.7 Å². The van der Waals surface area contributed by atoms with Gasteiger partial charge in [-0.2, -0.15) is 0 Å². The van der Waals surface area contributed by atoms with Crippen molar-refractivity contribution in [3.05, 3.63) is 27.7 Å². The summed E-state index contributed by atoms with van der Waals surface area (Å²) in [6.45, 7) is 0.803. The first-order valence-electron chi connectivity index (χ1n) is 6.75. The average Bonchev–Trinajstić information content (AvgIpc) is 2.71. The van der Waals surface area contributed by atoms with Gasteiger partial charge in [-0.05, 0) is 31.5 Å². The zero-order valence-corrected chi connectivity index (χ0v) is 12.8. The Morgan fingerprint density at radius 2 is 1.86 bits per heavy atom. The van der Waals surface area contributed by atoms with E-state index in [2.05, 4.69) is 10.6 Å². The molecular weight excluding hydrogens is 315 g/mol. The molecule has 1 aliphatic rings. The third-order valence-corrected chi connectivity index (χ3v) is 4.01. The Labute approximate surface area is 132 Å². The number of carboxylic acids is 1. The second kappa shape index (κ2) is 7.11. The summed E-state index contributed by atoms with van der Waals surface area (Å²) in [6, 6.07) is 2.26. The fourth-order valence-corrected chi connectivity index (χ4v) is 2.86. The molecule has 114 valence electrons. The van der Waals surface area contributed by atoms with Crippen molar-refractivity contribution in [2.24, 2.45) is 0 Å². The third kappa shape index (κ3) is 4.09. The van der Waals surface area contributed by atoms with E-state index in [-0.39, 0.29) is 33.2 Å². The molecule has 1 aromatic carbocycles. The quantitative estimate of drug-likeness (QED) is 0.795. The number of hydrogen-bond acceptors (Lipinski definition) is 3. The Balaban J connectivity index is 2.15. The molecular formula is C14H16Cl2N2O3. The molecule has 21 heavy (non-hydrogen) atoms. The minimum atomic E-state index is -1.12. The van der Waals surface area contributed by atoms with Crippen molar-refractivity contribution in [2.45, 2.75) is 31.7 Å². The van der Waals surface area contributed by atoms with Gasteiger partial charge >= 0.3 is 5.97 Å². The maximum atomic E-state index is 12.2. The first-order valence-corrected chi connectivity index (χ1v) is 7.51. The molecule has 0 bridgehead atoms. The zero-order chi connectivity index (χ0) is 15.4. The molecule has 1 amide bonds. The topological polar surface area (TPSA) is 78.4 Å². The standard InChI is InChI=1S/C14H16Cl2N2O3/c15-9-6-8(14(20)21)7-10(16)12(9)18-13(19)11-4-2-1-3-5-17-11/h6-7,11,17H,1-5H2,(H,18,19)(H,20,21). The molecule has 0 aliphatic carbocycles. The summed E-state index contributed by atoms with van der Waals surface area (Å²) in [5, 5.41) is 15.0. The summed E-state index contributed by atoms with van der Waals surface area (Å²) in [5.74, 6) is -1.33. The maximum Gasteiger partial charge on any atom is 0.335 e. The first-order chi connectivity index (χ1) is 9.99. The van der Waals surface area contributed by atoms with E-state index < -0.39 is 5.97 Å². The number of carbonyl (C=O) groups excluding carboxylic acids is 1. The lowest BCUT2D eigenvalue weighted by Gasteiger charge is -2.17. The molecule has 1 atom stereocenters. The van der Waals surface area contributed by atoms with Gasteiger partial charge in [0.2, 0.25) is 5.91 Å². The van der Waals surface area contributed by atoms with Crippen LogP contribution in [0.2, 0.25) is 10.0 Å². The molecule has 3 N–H and O–H groups in total. The van der Waals surface area contributed by atoms with Gasteiger partial charge in [-0.1, -0.05) is 36.0 Å². The number of anilines is 1. The van der Waals surface area contributed by atoms with Crippen LogP contribution in [0.1, 0.15) is 36.0 Å². The van der Waals surface area contributed by atoms with E-state index >= 15 is 0 Å². The highest BCUT2D eigenvalue weighted by Crippen LogP contribution is 2.32. The van der Waals surface area contributed by atoms with E-state index in [1.54, 1.807) is 0 Å². The number of aromatic carboxylic acids is 1. The fraction of sp³-hybridized carbons (Fsp3) is 0.429. The van der Waals surface area contributed by atoms with Crippen molar-refractivity contribution in [1.29, 1.82) is 0 Å². The number of benzene rings is 1. The van der Waals surface area contributed by atoms with E-state index in [0.717, 1.165) is 32.2 Å². The van der Waals surface area contributed by atoms with Crippen LogP contribution in [-0.4, -0.2) is 29.6 Å². The lowest BCUT2D eigenvalue weighted by molar-refractivity contribution is -0.118. The molecule has 5 nitrogen and oxygen atoms in total. The molecule has 1 heterocycles. The highest BCUT2D eigenvalue weighted by Gasteiger charge is 2.22. The van der Waals surface area contributed by atoms with Gasteiger partial charge in [0.25, 0.3) is 0 Å². The summed E-state index contributed by atoms with van der Waals surface area (Å²) in [4.78, 5) is 23.1. The fourth-order valence-electron chi connectivity index (χ4n) is 2.28. The van der Waals surface area contributed by atoms with Crippen molar-refractivity contribution < 1.29 is 14.7 Å². The van der Waals surface area contributed by atoms with Crippen molar-refractivity contribution in [1.82, 2.24) is 5.32 Å². The van der Waals surface area contributed by atoms with Crippen molar-refractivity contribution in [3.63, 3.8) is 0 Å². The van der Waals surface area contributed by atoms with Crippen LogP contribution in [0.5, 0.6) is 0 Å². The summed E-state index contributed by atoms with van der Waals surface area (Å²) in [6.07, 6.45) is 3.91. The molecule has 0 spiro atoms. The number of amides is 1. The van der Waals surface area contributed by atoms with Gasteiger partial charge in [0.15, 0.2) is 0 Å². The Bertz CT molecular complexity index is 532. The second-order valence-corrected chi connectivity index (χ2v) is 5.78. The van der Waals surface area contributed by atoms with Gasteiger partial charge in [0.1, 0.15) is 0 Å². The molecule has 1 unspecified atom stereocenters.